The maximum Gasteiger partial charge on any atom is 0.282 e. The molecule has 1 aliphatic rings. The van der Waals surface area contributed by atoms with E-state index in [1.54, 1.807) is 24.3 Å². The fourth-order valence-electron chi connectivity index (χ4n) is 3.60. The molecule has 32 heavy (non-hydrogen) atoms. The molecule has 0 spiro atoms. The summed E-state index contributed by atoms with van der Waals surface area (Å²) in [7, 11) is 0. The molecule has 6 heteroatoms. The maximum atomic E-state index is 13.5. The van der Waals surface area contributed by atoms with E-state index in [0.29, 0.717) is 47.2 Å². The lowest BCUT2D eigenvalue weighted by Crippen LogP contribution is -2.32. The van der Waals surface area contributed by atoms with Crippen LogP contribution in [-0.4, -0.2) is 25.0 Å². The van der Waals surface area contributed by atoms with E-state index < -0.39 is 5.91 Å². The lowest BCUT2D eigenvalue weighted by atomic mass is 10.0. The Balaban J connectivity index is 1.76. The normalized spacial score (nSPS) is 13.5. The Morgan fingerprint density at radius 2 is 1.41 bits per heavy atom. The van der Waals surface area contributed by atoms with Crippen molar-refractivity contribution in [2.75, 3.05) is 23.4 Å². The predicted molar refractivity (Wildman–Crippen MR) is 125 cm³/mol. The number of amides is 2. The third kappa shape index (κ3) is 4.07. The number of rotatable bonds is 8. The fourth-order valence-corrected chi connectivity index (χ4v) is 3.60. The third-order valence-electron chi connectivity index (χ3n) is 5.00. The van der Waals surface area contributed by atoms with Crippen LogP contribution in [0.1, 0.15) is 19.4 Å². The van der Waals surface area contributed by atoms with Crippen LogP contribution in [0.5, 0.6) is 11.5 Å². The molecule has 1 N–H and O–H groups in total. The Kier molecular flexibility index (Phi) is 6.22. The van der Waals surface area contributed by atoms with Gasteiger partial charge in [0.15, 0.2) is 0 Å². The molecule has 162 valence electrons. The van der Waals surface area contributed by atoms with E-state index in [4.69, 9.17) is 9.47 Å². The minimum absolute atomic E-state index is 0.210. The summed E-state index contributed by atoms with van der Waals surface area (Å²) in [6, 6.07) is 23.4. The number of ether oxygens (including phenoxy) is 2. The standard InChI is InChI=1S/C26H24N2O4/c1-3-31-20-16-14-19(15-17-20)28-25(29)23(18-10-6-5-7-11-18)24(26(28)30)27-21-12-8-9-13-22(21)32-4-2/h5-17,27H,3-4H2,1-2H3. The van der Waals surface area contributed by atoms with Crippen molar-refractivity contribution in [3.63, 3.8) is 0 Å². The first kappa shape index (κ1) is 21.2. The van der Waals surface area contributed by atoms with Crippen molar-refractivity contribution in [1.82, 2.24) is 0 Å². The number of anilines is 2. The Morgan fingerprint density at radius 3 is 2.09 bits per heavy atom. The molecule has 0 atom stereocenters. The highest BCUT2D eigenvalue weighted by Gasteiger charge is 2.40. The van der Waals surface area contributed by atoms with Crippen LogP contribution in [0.2, 0.25) is 0 Å². The molecule has 0 radical (unpaired) electrons. The van der Waals surface area contributed by atoms with Crippen molar-refractivity contribution < 1.29 is 19.1 Å². The molecule has 3 aromatic rings. The second-order valence-corrected chi connectivity index (χ2v) is 7.04. The predicted octanol–water partition coefficient (Wildman–Crippen LogP) is 4.88. The molecule has 0 unspecified atom stereocenters. The molecule has 0 aromatic heterocycles. The van der Waals surface area contributed by atoms with Gasteiger partial charge in [-0.05, 0) is 55.8 Å². The summed E-state index contributed by atoms with van der Waals surface area (Å²) < 4.78 is 11.2. The Hall–Kier alpha value is -4.06. The summed E-state index contributed by atoms with van der Waals surface area (Å²) >= 11 is 0. The van der Waals surface area contributed by atoms with E-state index in [9.17, 15) is 9.59 Å². The Bertz CT molecular complexity index is 1150. The van der Waals surface area contributed by atoms with Crippen LogP contribution >= 0.6 is 0 Å². The molecule has 2 amide bonds. The van der Waals surface area contributed by atoms with Gasteiger partial charge in [-0.3, -0.25) is 9.59 Å². The summed E-state index contributed by atoms with van der Waals surface area (Å²) in [6.07, 6.45) is 0. The number of carbonyl (C=O) groups is 2. The minimum Gasteiger partial charge on any atom is -0.494 e. The van der Waals surface area contributed by atoms with Gasteiger partial charge < -0.3 is 14.8 Å². The Morgan fingerprint density at radius 1 is 0.750 bits per heavy atom. The highest BCUT2D eigenvalue weighted by atomic mass is 16.5. The second-order valence-electron chi connectivity index (χ2n) is 7.04. The lowest BCUT2D eigenvalue weighted by molar-refractivity contribution is -0.120. The molecular formula is C26H24N2O4. The number of hydrogen-bond donors (Lipinski definition) is 1. The van der Waals surface area contributed by atoms with Gasteiger partial charge in [0.25, 0.3) is 11.8 Å². The average Bonchev–Trinajstić information content (AvgIpc) is 3.06. The molecule has 1 heterocycles. The van der Waals surface area contributed by atoms with Crippen molar-refractivity contribution in [3.05, 3.63) is 90.1 Å². The van der Waals surface area contributed by atoms with Crippen LogP contribution in [0.15, 0.2) is 84.6 Å². The van der Waals surface area contributed by atoms with Crippen LogP contribution in [0.3, 0.4) is 0 Å². The van der Waals surface area contributed by atoms with E-state index in [2.05, 4.69) is 5.32 Å². The molecule has 1 aliphatic heterocycles. The SMILES string of the molecule is CCOc1ccc(N2C(=O)C(Nc3ccccc3OCC)=C(c3ccccc3)C2=O)cc1. The van der Waals surface area contributed by atoms with E-state index in [-0.39, 0.29) is 11.6 Å². The molecule has 0 aliphatic carbocycles. The molecule has 0 bridgehead atoms. The van der Waals surface area contributed by atoms with Crippen LogP contribution < -0.4 is 19.7 Å². The number of nitrogens with one attached hydrogen (secondary N) is 1. The van der Waals surface area contributed by atoms with Gasteiger partial charge in [0.1, 0.15) is 17.2 Å². The van der Waals surface area contributed by atoms with Crippen LogP contribution in [0, 0.1) is 0 Å². The topological polar surface area (TPSA) is 67.9 Å². The number of nitrogens with zero attached hydrogens (tertiary/aromatic N) is 1. The molecule has 0 fully saturated rings. The van der Waals surface area contributed by atoms with Gasteiger partial charge in [0, 0.05) is 0 Å². The van der Waals surface area contributed by atoms with Crippen molar-refractivity contribution in [2.24, 2.45) is 0 Å². The van der Waals surface area contributed by atoms with Gasteiger partial charge in [-0.15, -0.1) is 0 Å². The molecular weight excluding hydrogens is 404 g/mol. The van der Waals surface area contributed by atoms with Gasteiger partial charge in [-0.2, -0.15) is 0 Å². The summed E-state index contributed by atoms with van der Waals surface area (Å²) in [5.41, 5.74) is 2.29. The summed E-state index contributed by atoms with van der Waals surface area (Å²) in [5.74, 6) is 0.469. The van der Waals surface area contributed by atoms with Gasteiger partial charge >= 0.3 is 0 Å². The zero-order chi connectivity index (χ0) is 22.5. The largest absolute Gasteiger partial charge is 0.494 e. The number of benzene rings is 3. The number of para-hydroxylation sites is 2. The van der Waals surface area contributed by atoms with Crippen molar-refractivity contribution in [3.8, 4) is 11.5 Å². The molecule has 6 nitrogen and oxygen atoms in total. The van der Waals surface area contributed by atoms with Crippen molar-refractivity contribution >= 4 is 28.8 Å². The molecule has 4 rings (SSSR count). The second kappa shape index (κ2) is 9.39. The minimum atomic E-state index is -0.427. The van der Waals surface area contributed by atoms with Gasteiger partial charge in [-0.25, -0.2) is 4.90 Å². The lowest BCUT2D eigenvalue weighted by Gasteiger charge is -2.16. The highest BCUT2D eigenvalue weighted by Crippen LogP contribution is 2.36. The number of imide groups is 1. The van der Waals surface area contributed by atoms with Crippen LogP contribution in [-0.2, 0) is 9.59 Å². The number of hydrogen-bond acceptors (Lipinski definition) is 5. The van der Waals surface area contributed by atoms with Gasteiger partial charge in [0.05, 0.1) is 30.2 Å². The number of carbonyl (C=O) groups excluding carboxylic acids is 2. The smallest absolute Gasteiger partial charge is 0.282 e. The summed E-state index contributed by atoms with van der Waals surface area (Å²) in [5, 5.41) is 3.17. The molecule has 0 saturated heterocycles. The first-order chi connectivity index (χ1) is 15.6. The Labute approximate surface area is 187 Å². The van der Waals surface area contributed by atoms with E-state index >= 15 is 0 Å². The monoisotopic (exact) mass is 428 g/mol. The maximum absolute atomic E-state index is 13.5. The van der Waals surface area contributed by atoms with E-state index in [1.165, 1.54) is 4.90 Å². The van der Waals surface area contributed by atoms with Gasteiger partial charge in [-0.1, -0.05) is 42.5 Å². The quantitative estimate of drug-likeness (QED) is 0.518. The third-order valence-corrected chi connectivity index (χ3v) is 5.00. The van der Waals surface area contributed by atoms with Crippen molar-refractivity contribution in [2.45, 2.75) is 13.8 Å². The zero-order valence-electron chi connectivity index (χ0n) is 18.0. The first-order valence-corrected chi connectivity index (χ1v) is 10.5. The fraction of sp³-hybridized carbons (Fsp3) is 0.154. The van der Waals surface area contributed by atoms with E-state index in [1.807, 2.05) is 68.4 Å². The molecule has 3 aromatic carbocycles. The first-order valence-electron chi connectivity index (χ1n) is 10.5. The van der Waals surface area contributed by atoms with E-state index in [0.717, 1.165) is 0 Å². The van der Waals surface area contributed by atoms with Crippen LogP contribution in [0.4, 0.5) is 11.4 Å². The molecule has 0 saturated carbocycles. The van der Waals surface area contributed by atoms with Crippen molar-refractivity contribution in [1.29, 1.82) is 0 Å². The average molecular weight is 428 g/mol. The highest BCUT2D eigenvalue weighted by molar-refractivity contribution is 6.46. The van der Waals surface area contributed by atoms with Gasteiger partial charge in [0.2, 0.25) is 0 Å². The van der Waals surface area contributed by atoms with Crippen LogP contribution in [0.25, 0.3) is 5.57 Å². The summed E-state index contributed by atoms with van der Waals surface area (Å²) in [4.78, 5) is 28.2. The zero-order valence-corrected chi connectivity index (χ0v) is 18.0. The summed E-state index contributed by atoms with van der Waals surface area (Å²) in [6.45, 7) is 4.81.